The molecule has 1 heteroatoms. The summed E-state index contributed by atoms with van der Waals surface area (Å²) in [5, 5.41) is 0. The highest BCUT2D eigenvalue weighted by atomic mass is 14.8. The molecule has 0 saturated carbocycles. The van der Waals surface area contributed by atoms with E-state index in [1.807, 2.05) is 0 Å². The number of aliphatic imine (C=N–C) groups is 1. The Hall–Kier alpha value is -0.330. The number of nitrogens with zero attached hydrogens (tertiary/aromatic N) is 1. The van der Waals surface area contributed by atoms with E-state index in [1.165, 1.54) is 44.9 Å². The van der Waals surface area contributed by atoms with E-state index in [-0.39, 0.29) is 5.54 Å². The molecule has 1 nitrogen and oxygen atoms in total. The normalized spacial score (nSPS) is 12.5. The summed E-state index contributed by atoms with van der Waals surface area (Å²) in [7, 11) is 0. The highest BCUT2D eigenvalue weighted by Crippen LogP contribution is 2.09. The maximum atomic E-state index is 4.48. The molecule has 0 heterocycles. The van der Waals surface area contributed by atoms with Gasteiger partial charge in [0.25, 0.3) is 0 Å². The first-order valence-electron chi connectivity index (χ1n) is 6.60. The van der Waals surface area contributed by atoms with Crippen LogP contribution in [-0.2, 0) is 0 Å². The number of hydrogen-bond acceptors (Lipinski definition) is 1. The van der Waals surface area contributed by atoms with Crippen LogP contribution in [0, 0.1) is 0 Å². The van der Waals surface area contributed by atoms with Gasteiger partial charge in [-0.1, -0.05) is 45.4 Å². The monoisotopic (exact) mass is 211 g/mol. The van der Waals surface area contributed by atoms with Crippen LogP contribution in [0.3, 0.4) is 0 Å². The molecule has 0 saturated heterocycles. The first kappa shape index (κ1) is 14.7. The van der Waals surface area contributed by atoms with Gasteiger partial charge < -0.3 is 0 Å². The summed E-state index contributed by atoms with van der Waals surface area (Å²) in [5.74, 6) is 0. The van der Waals surface area contributed by atoms with Crippen molar-refractivity contribution in [3.05, 3.63) is 0 Å². The van der Waals surface area contributed by atoms with Crippen LogP contribution >= 0.6 is 0 Å². The van der Waals surface area contributed by atoms with Gasteiger partial charge in [-0.2, -0.15) is 0 Å². The van der Waals surface area contributed by atoms with Crippen LogP contribution in [0.25, 0.3) is 0 Å². The molecule has 0 aliphatic heterocycles. The molecular weight excluding hydrogens is 182 g/mol. The molecule has 0 aromatic heterocycles. The summed E-state index contributed by atoms with van der Waals surface area (Å²) in [5.41, 5.74) is 0.112. The lowest BCUT2D eigenvalue weighted by Crippen LogP contribution is -2.09. The molecule has 0 atom stereocenters. The summed E-state index contributed by atoms with van der Waals surface area (Å²) in [6.07, 6.45) is 13.0. The van der Waals surface area contributed by atoms with E-state index in [0.717, 1.165) is 6.42 Å². The van der Waals surface area contributed by atoms with E-state index < -0.39 is 0 Å². The third-order valence-corrected chi connectivity index (χ3v) is 2.42. The molecular formula is C14H29N. The molecule has 0 aromatic rings. The number of hydrogen-bond donors (Lipinski definition) is 0. The molecule has 0 spiro atoms. The van der Waals surface area contributed by atoms with Crippen LogP contribution in [0.15, 0.2) is 4.99 Å². The maximum absolute atomic E-state index is 4.48. The van der Waals surface area contributed by atoms with Gasteiger partial charge in [-0.05, 0) is 39.8 Å². The van der Waals surface area contributed by atoms with Crippen LogP contribution in [0.1, 0.15) is 79.1 Å². The Morgan fingerprint density at radius 1 is 0.867 bits per heavy atom. The second-order valence-electron chi connectivity index (χ2n) is 5.39. The summed E-state index contributed by atoms with van der Waals surface area (Å²) in [4.78, 5) is 4.48. The minimum atomic E-state index is 0.112. The summed E-state index contributed by atoms with van der Waals surface area (Å²) in [6.45, 7) is 8.71. The van der Waals surface area contributed by atoms with E-state index in [2.05, 4.69) is 38.9 Å². The van der Waals surface area contributed by atoms with Crippen molar-refractivity contribution in [2.75, 3.05) is 0 Å². The van der Waals surface area contributed by atoms with Crippen LogP contribution in [0.5, 0.6) is 0 Å². The van der Waals surface area contributed by atoms with Crippen molar-refractivity contribution in [3.8, 4) is 0 Å². The van der Waals surface area contributed by atoms with Gasteiger partial charge >= 0.3 is 0 Å². The van der Waals surface area contributed by atoms with Gasteiger partial charge in [0, 0.05) is 0 Å². The molecule has 0 rings (SSSR count). The number of unbranched alkanes of at least 4 members (excludes halogenated alkanes) is 7. The lowest BCUT2D eigenvalue weighted by atomic mass is 10.1. The van der Waals surface area contributed by atoms with Crippen LogP contribution in [0.4, 0.5) is 0 Å². The third kappa shape index (κ3) is 13.7. The van der Waals surface area contributed by atoms with E-state index in [1.54, 1.807) is 0 Å². The van der Waals surface area contributed by atoms with E-state index in [0.29, 0.717) is 0 Å². The van der Waals surface area contributed by atoms with E-state index in [4.69, 9.17) is 0 Å². The Kier molecular flexibility index (Phi) is 8.74. The molecule has 0 amide bonds. The van der Waals surface area contributed by atoms with E-state index in [9.17, 15) is 0 Å². The second-order valence-corrected chi connectivity index (χ2v) is 5.39. The summed E-state index contributed by atoms with van der Waals surface area (Å²) in [6, 6.07) is 0. The quantitative estimate of drug-likeness (QED) is 0.396. The summed E-state index contributed by atoms with van der Waals surface area (Å²) >= 11 is 0. The zero-order valence-corrected chi connectivity index (χ0v) is 11.2. The van der Waals surface area contributed by atoms with Gasteiger partial charge in [0.15, 0.2) is 0 Å². The molecule has 0 fully saturated rings. The van der Waals surface area contributed by atoms with Crippen molar-refractivity contribution in [1.29, 1.82) is 0 Å². The van der Waals surface area contributed by atoms with Crippen molar-refractivity contribution in [1.82, 2.24) is 0 Å². The van der Waals surface area contributed by atoms with Crippen molar-refractivity contribution in [2.24, 2.45) is 4.99 Å². The first-order chi connectivity index (χ1) is 7.06. The Labute approximate surface area is 96.4 Å². The highest BCUT2D eigenvalue weighted by Gasteiger charge is 2.03. The average Bonchev–Trinajstić information content (AvgIpc) is 2.14. The predicted molar refractivity (Wildman–Crippen MR) is 70.9 cm³/mol. The van der Waals surface area contributed by atoms with Crippen LogP contribution < -0.4 is 0 Å². The largest absolute Gasteiger partial charge is 0.292 e. The SMILES string of the molecule is CCCCCCCCCC=NC(C)(C)C. The Morgan fingerprint density at radius 2 is 1.40 bits per heavy atom. The van der Waals surface area contributed by atoms with Crippen molar-refractivity contribution in [3.63, 3.8) is 0 Å². The Bertz CT molecular complexity index is 153. The molecule has 15 heavy (non-hydrogen) atoms. The summed E-state index contributed by atoms with van der Waals surface area (Å²) < 4.78 is 0. The van der Waals surface area contributed by atoms with Gasteiger partial charge in [0.2, 0.25) is 0 Å². The molecule has 90 valence electrons. The molecule has 0 radical (unpaired) electrons. The van der Waals surface area contributed by atoms with Crippen LogP contribution in [-0.4, -0.2) is 11.8 Å². The van der Waals surface area contributed by atoms with Gasteiger partial charge in [0.1, 0.15) is 0 Å². The van der Waals surface area contributed by atoms with Crippen LogP contribution in [0.2, 0.25) is 0 Å². The molecule has 0 N–H and O–H groups in total. The predicted octanol–water partition coefficient (Wildman–Crippen LogP) is 5.00. The lowest BCUT2D eigenvalue weighted by Gasteiger charge is -2.10. The minimum absolute atomic E-state index is 0.112. The maximum Gasteiger partial charge on any atom is 0.0520 e. The molecule has 0 aromatic carbocycles. The fourth-order valence-electron chi connectivity index (χ4n) is 1.53. The van der Waals surface area contributed by atoms with Gasteiger partial charge in [-0.25, -0.2) is 0 Å². The van der Waals surface area contributed by atoms with Gasteiger partial charge in [-0.15, -0.1) is 0 Å². The smallest absolute Gasteiger partial charge is 0.0520 e. The first-order valence-corrected chi connectivity index (χ1v) is 6.60. The third-order valence-electron chi connectivity index (χ3n) is 2.42. The van der Waals surface area contributed by atoms with Crippen molar-refractivity contribution in [2.45, 2.75) is 84.6 Å². The topological polar surface area (TPSA) is 12.4 Å². The highest BCUT2D eigenvalue weighted by molar-refractivity contribution is 5.57. The van der Waals surface area contributed by atoms with E-state index >= 15 is 0 Å². The number of rotatable bonds is 8. The molecule has 0 aliphatic rings. The average molecular weight is 211 g/mol. The Morgan fingerprint density at radius 3 is 1.93 bits per heavy atom. The fourth-order valence-corrected chi connectivity index (χ4v) is 1.53. The molecule has 0 unspecified atom stereocenters. The zero-order chi connectivity index (χ0) is 11.6. The van der Waals surface area contributed by atoms with Crippen molar-refractivity contribution >= 4 is 6.21 Å². The second kappa shape index (κ2) is 8.94. The van der Waals surface area contributed by atoms with Crippen molar-refractivity contribution < 1.29 is 0 Å². The Balaban J connectivity index is 3.15. The minimum Gasteiger partial charge on any atom is -0.292 e. The molecule has 0 bridgehead atoms. The van der Waals surface area contributed by atoms with Gasteiger partial charge in [0.05, 0.1) is 5.54 Å². The lowest BCUT2D eigenvalue weighted by molar-refractivity contribution is 0.578. The zero-order valence-electron chi connectivity index (χ0n) is 11.2. The fraction of sp³-hybridized carbons (Fsp3) is 0.929. The van der Waals surface area contributed by atoms with Gasteiger partial charge in [-0.3, -0.25) is 4.99 Å². The standard InChI is InChI=1S/C14H29N/c1-5-6-7-8-9-10-11-12-13-15-14(2,3)4/h13H,5-12H2,1-4H3. The molecule has 0 aliphatic carbocycles.